The third kappa shape index (κ3) is 6.83. The summed E-state index contributed by atoms with van der Waals surface area (Å²) in [5, 5.41) is 4.78. The minimum absolute atomic E-state index is 0.111. The molecule has 4 aliphatic rings. The third-order valence-corrected chi connectivity index (χ3v) is 15.9. The monoisotopic (exact) mass is 918 g/mol. The molecule has 1 aliphatic heterocycles. The van der Waals surface area contributed by atoms with E-state index in [1.54, 1.807) is 5.57 Å². The second-order valence-corrected chi connectivity index (χ2v) is 20.7. The van der Waals surface area contributed by atoms with Crippen LogP contribution >= 0.6 is 0 Å². The van der Waals surface area contributed by atoms with Crippen molar-refractivity contribution in [1.29, 1.82) is 0 Å². The average molecular weight is 919 g/mol. The van der Waals surface area contributed by atoms with Crippen LogP contribution in [-0.2, 0) is 10.8 Å². The molecule has 1 unspecified atom stereocenters. The van der Waals surface area contributed by atoms with Gasteiger partial charge in [-0.05, 0) is 174 Å². The number of anilines is 5. The maximum atomic E-state index is 4.60. The van der Waals surface area contributed by atoms with Crippen LogP contribution < -0.4 is 9.80 Å². The van der Waals surface area contributed by atoms with E-state index >= 15 is 0 Å². The normalized spacial score (nSPS) is 16.9. The first-order valence-corrected chi connectivity index (χ1v) is 25.0. The molecule has 6 nitrogen and oxygen atoms in total. The first-order valence-electron chi connectivity index (χ1n) is 25.0. The second kappa shape index (κ2) is 16.5. The Labute approximate surface area is 416 Å². The van der Waals surface area contributed by atoms with Gasteiger partial charge in [0.25, 0.3) is 0 Å². The van der Waals surface area contributed by atoms with Crippen LogP contribution in [0.3, 0.4) is 0 Å². The summed E-state index contributed by atoms with van der Waals surface area (Å²) in [4.78, 5) is 22.6. The molecule has 71 heavy (non-hydrogen) atoms. The van der Waals surface area contributed by atoms with Crippen LogP contribution in [0.15, 0.2) is 205 Å². The molecule has 6 heteroatoms. The number of fused-ring (bicyclic) bond motifs is 7. The number of aromatic nitrogens is 3. The fourth-order valence-corrected chi connectivity index (χ4v) is 12.4. The van der Waals surface area contributed by atoms with Crippen molar-refractivity contribution in [1.82, 2.24) is 15.0 Å². The number of dihydropyridines is 1. The molecular weight excluding hydrogens is 865 g/mol. The first-order chi connectivity index (χ1) is 34.6. The second-order valence-electron chi connectivity index (χ2n) is 20.7. The Morgan fingerprint density at radius 3 is 1.62 bits per heavy atom. The number of nitrogens with zero attached hydrogens (tertiary/aromatic N) is 6. The van der Waals surface area contributed by atoms with Gasteiger partial charge in [-0.25, -0.2) is 0 Å². The molecule has 13 rings (SSSR count). The van der Waals surface area contributed by atoms with Crippen LogP contribution in [0.5, 0.6) is 0 Å². The lowest BCUT2D eigenvalue weighted by atomic mass is 9.76. The van der Waals surface area contributed by atoms with Gasteiger partial charge in [0.1, 0.15) is 0 Å². The van der Waals surface area contributed by atoms with Crippen LogP contribution in [0.1, 0.15) is 69.7 Å². The molecule has 0 fully saturated rings. The summed E-state index contributed by atoms with van der Waals surface area (Å²) in [6, 6.07) is 50.3. The molecule has 344 valence electrons. The Balaban J connectivity index is 1.14. The van der Waals surface area contributed by atoms with E-state index in [-0.39, 0.29) is 10.8 Å². The van der Waals surface area contributed by atoms with Gasteiger partial charge >= 0.3 is 0 Å². The van der Waals surface area contributed by atoms with Crippen molar-refractivity contribution >= 4 is 61.8 Å². The molecule has 0 N–H and O–H groups in total. The summed E-state index contributed by atoms with van der Waals surface area (Å²) < 4.78 is 0. The zero-order valence-electron chi connectivity index (χ0n) is 40.9. The van der Waals surface area contributed by atoms with E-state index in [1.807, 2.05) is 43.4 Å². The average Bonchev–Trinajstić information content (AvgIpc) is 3.77. The summed E-state index contributed by atoms with van der Waals surface area (Å²) in [7, 11) is 0. The van der Waals surface area contributed by atoms with E-state index in [4.69, 9.17) is 0 Å². The van der Waals surface area contributed by atoms with Crippen molar-refractivity contribution in [2.45, 2.75) is 58.3 Å². The minimum atomic E-state index is -0.175. The number of allylic oxidation sites excluding steroid dienone is 5. The summed E-state index contributed by atoms with van der Waals surface area (Å²) in [6.45, 7) is 12.7. The highest BCUT2D eigenvalue weighted by atomic mass is 15.2. The van der Waals surface area contributed by atoms with E-state index in [1.165, 1.54) is 88.4 Å². The number of hydrogen-bond donors (Lipinski definition) is 0. The smallest absolute Gasteiger partial charge is 0.0492 e. The first kappa shape index (κ1) is 42.8. The number of hydrogen-bond acceptors (Lipinski definition) is 6. The molecule has 0 bridgehead atoms. The molecule has 4 heterocycles. The summed E-state index contributed by atoms with van der Waals surface area (Å²) in [5.74, 6) is 0.515. The fraction of sp³-hybridized carbons (Fsp3) is 0.169. The zero-order chi connectivity index (χ0) is 48.0. The molecule has 0 spiro atoms. The van der Waals surface area contributed by atoms with Crippen molar-refractivity contribution < 1.29 is 0 Å². The lowest BCUT2D eigenvalue weighted by molar-refractivity contribution is 0.566. The van der Waals surface area contributed by atoms with Gasteiger partial charge in [-0.3, -0.25) is 19.9 Å². The van der Waals surface area contributed by atoms with E-state index in [0.29, 0.717) is 5.92 Å². The maximum absolute atomic E-state index is 4.60. The Bertz CT molecular complexity index is 3710. The van der Waals surface area contributed by atoms with Crippen LogP contribution in [0, 0.1) is 5.92 Å². The lowest BCUT2D eigenvalue weighted by Crippen LogP contribution is -2.19. The molecule has 0 saturated heterocycles. The van der Waals surface area contributed by atoms with Gasteiger partial charge in [-0.15, -0.1) is 0 Å². The van der Waals surface area contributed by atoms with Crippen molar-refractivity contribution in [3.05, 3.63) is 222 Å². The molecule has 1 atom stereocenters. The van der Waals surface area contributed by atoms with Gasteiger partial charge in [0.15, 0.2) is 0 Å². The van der Waals surface area contributed by atoms with E-state index < -0.39 is 0 Å². The minimum Gasteiger partial charge on any atom is -0.314 e. The van der Waals surface area contributed by atoms with Crippen LogP contribution in [0.25, 0.3) is 60.5 Å². The predicted octanol–water partition coefficient (Wildman–Crippen LogP) is 16.4. The van der Waals surface area contributed by atoms with Gasteiger partial charge in [-0.1, -0.05) is 113 Å². The predicted molar refractivity (Wildman–Crippen MR) is 295 cm³/mol. The van der Waals surface area contributed by atoms with E-state index in [0.717, 1.165) is 47.8 Å². The zero-order valence-corrected chi connectivity index (χ0v) is 40.9. The van der Waals surface area contributed by atoms with E-state index in [2.05, 4.69) is 216 Å². The van der Waals surface area contributed by atoms with Crippen molar-refractivity contribution in [2.75, 3.05) is 16.3 Å². The lowest BCUT2D eigenvalue weighted by Gasteiger charge is -2.30. The summed E-state index contributed by atoms with van der Waals surface area (Å²) >= 11 is 0. The fourth-order valence-electron chi connectivity index (χ4n) is 12.4. The van der Waals surface area contributed by atoms with Crippen molar-refractivity contribution in [2.24, 2.45) is 10.9 Å². The van der Waals surface area contributed by atoms with Crippen LogP contribution in [0.2, 0.25) is 0 Å². The Kier molecular flexibility index (Phi) is 9.93. The number of aliphatic imine (C=N–C) groups is 1. The van der Waals surface area contributed by atoms with Gasteiger partial charge < -0.3 is 9.80 Å². The number of benzene rings is 6. The summed E-state index contributed by atoms with van der Waals surface area (Å²) in [6.07, 6.45) is 22.0. The highest BCUT2D eigenvalue weighted by Gasteiger charge is 2.39. The Morgan fingerprint density at radius 1 is 0.493 bits per heavy atom. The summed E-state index contributed by atoms with van der Waals surface area (Å²) in [5.41, 5.74) is 22.0. The highest BCUT2D eigenvalue weighted by molar-refractivity contribution is 6.23. The van der Waals surface area contributed by atoms with Gasteiger partial charge in [0, 0.05) is 101 Å². The maximum Gasteiger partial charge on any atom is 0.0492 e. The van der Waals surface area contributed by atoms with E-state index in [9.17, 15) is 0 Å². The van der Waals surface area contributed by atoms with Crippen LogP contribution in [0.4, 0.5) is 28.4 Å². The van der Waals surface area contributed by atoms with Crippen LogP contribution in [-0.4, -0.2) is 27.7 Å². The molecule has 0 radical (unpaired) electrons. The Hall–Kier alpha value is -8.22. The molecule has 0 amide bonds. The quantitative estimate of drug-likeness (QED) is 0.142. The largest absolute Gasteiger partial charge is 0.314 e. The van der Waals surface area contributed by atoms with Gasteiger partial charge in [-0.2, -0.15) is 0 Å². The van der Waals surface area contributed by atoms with Crippen molar-refractivity contribution in [3.8, 4) is 33.4 Å². The Morgan fingerprint density at radius 2 is 1.03 bits per heavy atom. The number of rotatable bonds is 8. The topological polar surface area (TPSA) is 57.5 Å². The van der Waals surface area contributed by atoms with Crippen molar-refractivity contribution in [3.63, 3.8) is 0 Å². The number of pyridine rings is 3. The molecular formula is C65H54N6. The molecule has 3 aliphatic carbocycles. The van der Waals surface area contributed by atoms with Gasteiger partial charge in [0.2, 0.25) is 0 Å². The highest BCUT2D eigenvalue weighted by Crippen LogP contribution is 2.55. The standard InChI is InChI=1S/C65H54N6/c1-41-10-15-51-53-17-12-43(38-61(53)65(4,5)59(51)36-41)63-55-19-14-48(70(44-20-28-66-29-21-44)45-22-30-67-31-23-45)39-56(55)62(42-11-16-52-50-8-6-7-9-58(50)64(2,3)60(52)37-42)54-18-13-49(40-57(54)63)71(46-24-32-68-33-25-46)47-26-34-69-35-27-47/h6-22,24-30,32-35,37-41H,23,31,36H2,1-5H3. The molecule has 9 aromatic rings. The van der Waals surface area contributed by atoms with Gasteiger partial charge in [0.05, 0.1) is 0 Å². The third-order valence-electron chi connectivity index (χ3n) is 15.9. The SMILES string of the molecule is CC1C=CC2=C(C1)C(C)(C)c1cc(-c3c4ccc(N(C5=CC=NCC5)c5ccncc5)cc4c(-c4ccc5c(c4)C(C)(C)c4ccccc4-5)c4ccc(N(c5ccncc5)c5ccncc5)cc34)ccc12. The molecule has 0 saturated carbocycles. The molecule has 6 aromatic carbocycles. The molecule has 3 aromatic heterocycles.